The van der Waals surface area contributed by atoms with Crippen LogP contribution in [0.4, 0.5) is 5.13 Å². The van der Waals surface area contributed by atoms with Crippen molar-refractivity contribution < 1.29 is 19.1 Å². The van der Waals surface area contributed by atoms with E-state index in [2.05, 4.69) is 20.4 Å². The van der Waals surface area contributed by atoms with Crippen molar-refractivity contribution in [2.24, 2.45) is 0 Å². The number of carbonyl (C=O) groups is 3. The Hall–Kier alpha value is -3.26. The van der Waals surface area contributed by atoms with E-state index in [1.807, 2.05) is 13.8 Å². The van der Waals surface area contributed by atoms with E-state index in [1.54, 1.807) is 30.3 Å². The van der Waals surface area contributed by atoms with Crippen LogP contribution in [-0.4, -0.2) is 35.9 Å². The average Bonchev–Trinajstić information content (AvgIpc) is 3.14. The number of nitrogens with one attached hydrogen (secondary N) is 2. The fraction of sp³-hybridized carbons (Fsp3) is 0.238. The Morgan fingerprint density at radius 1 is 1.03 bits per heavy atom. The first-order valence-electron chi connectivity index (χ1n) is 9.12. The van der Waals surface area contributed by atoms with E-state index in [9.17, 15) is 14.4 Å². The number of fused-ring (bicyclic) bond motifs is 1. The van der Waals surface area contributed by atoms with Crippen LogP contribution in [0, 0.1) is 0 Å². The van der Waals surface area contributed by atoms with Gasteiger partial charge in [-0.15, -0.1) is 0 Å². The second-order valence-electron chi connectivity index (χ2n) is 6.51. The first-order chi connectivity index (χ1) is 13.9. The summed E-state index contributed by atoms with van der Waals surface area (Å²) in [6.07, 6.45) is 0.853. The van der Waals surface area contributed by atoms with E-state index < -0.39 is 5.97 Å². The molecular weight excluding hydrogens is 390 g/mol. The zero-order valence-corrected chi connectivity index (χ0v) is 17.1. The number of anilines is 1. The second kappa shape index (κ2) is 8.83. The molecule has 0 aliphatic heterocycles. The van der Waals surface area contributed by atoms with Crippen molar-refractivity contribution in [2.45, 2.75) is 26.3 Å². The van der Waals surface area contributed by atoms with E-state index in [1.165, 1.54) is 30.6 Å². The van der Waals surface area contributed by atoms with Crippen LogP contribution in [0.2, 0.25) is 0 Å². The number of rotatable bonds is 6. The third kappa shape index (κ3) is 4.78. The molecule has 3 rings (SSSR count). The van der Waals surface area contributed by atoms with E-state index >= 15 is 0 Å². The molecule has 2 amide bonds. The van der Waals surface area contributed by atoms with Crippen LogP contribution in [0.1, 0.15) is 51.3 Å². The van der Waals surface area contributed by atoms with Crippen LogP contribution in [0.3, 0.4) is 0 Å². The molecule has 29 heavy (non-hydrogen) atoms. The number of methoxy groups -OCH3 is 1. The van der Waals surface area contributed by atoms with Crippen molar-refractivity contribution in [1.82, 2.24) is 10.3 Å². The van der Waals surface area contributed by atoms with Gasteiger partial charge in [0.25, 0.3) is 11.8 Å². The highest BCUT2D eigenvalue weighted by molar-refractivity contribution is 7.22. The second-order valence-corrected chi connectivity index (χ2v) is 7.54. The number of amides is 2. The molecule has 1 atom stereocenters. The fourth-order valence-electron chi connectivity index (χ4n) is 2.57. The van der Waals surface area contributed by atoms with Crippen molar-refractivity contribution in [3.63, 3.8) is 0 Å². The minimum atomic E-state index is -0.462. The molecule has 7 nitrogen and oxygen atoms in total. The SMILES string of the molecule is CC[C@@H](C)NC(=O)c1ccc2nc(NC(=O)c3ccc(C(=O)OC)cc3)sc2c1. The number of aromatic nitrogens is 1. The molecule has 0 unspecified atom stereocenters. The van der Waals surface area contributed by atoms with Gasteiger partial charge in [-0.3, -0.25) is 14.9 Å². The van der Waals surface area contributed by atoms with Crippen LogP contribution in [0.15, 0.2) is 42.5 Å². The van der Waals surface area contributed by atoms with Gasteiger partial charge >= 0.3 is 5.97 Å². The van der Waals surface area contributed by atoms with Crippen molar-refractivity contribution in [3.8, 4) is 0 Å². The number of ether oxygens (including phenoxy) is 1. The van der Waals surface area contributed by atoms with Gasteiger partial charge in [0, 0.05) is 17.2 Å². The minimum Gasteiger partial charge on any atom is -0.465 e. The number of hydrogen-bond acceptors (Lipinski definition) is 6. The van der Waals surface area contributed by atoms with Gasteiger partial charge in [-0.05, 0) is 55.8 Å². The number of thiazole rings is 1. The summed E-state index contributed by atoms with van der Waals surface area (Å²) in [5.41, 5.74) is 2.02. The number of nitrogens with zero attached hydrogens (tertiary/aromatic N) is 1. The topological polar surface area (TPSA) is 97.4 Å². The first-order valence-corrected chi connectivity index (χ1v) is 9.94. The zero-order valence-electron chi connectivity index (χ0n) is 16.3. The van der Waals surface area contributed by atoms with Gasteiger partial charge in [-0.1, -0.05) is 18.3 Å². The lowest BCUT2D eigenvalue weighted by Crippen LogP contribution is -2.31. The third-order valence-electron chi connectivity index (χ3n) is 4.43. The molecule has 2 N–H and O–H groups in total. The van der Waals surface area contributed by atoms with Crippen molar-refractivity contribution >= 4 is 44.5 Å². The standard InChI is InChI=1S/C21H21N3O4S/c1-4-12(2)22-19(26)15-9-10-16-17(11-15)29-21(23-16)24-18(25)13-5-7-14(8-6-13)20(27)28-3/h5-12H,4H2,1-3H3,(H,22,26)(H,23,24,25)/t12-/m1/s1. The normalized spacial score (nSPS) is 11.7. The van der Waals surface area contributed by atoms with Gasteiger partial charge in [0.2, 0.25) is 0 Å². The van der Waals surface area contributed by atoms with Crippen molar-refractivity contribution in [3.05, 3.63) is 59.2 Å². The average molecular weight is 411 g/mol. The summed E-state index contributed by atoms with van der Waals surface area (Å²) in [7, 11) is 1.30. The lowest BCUT2D eigenvalue weighted by molar-refractivity contribution is 0.0600. The summed E-state index contributed by atoms with van der Waals surface area (Å²) >= 11 is 1.29. The van der Waals surface area contributed by atoms with E-state index in [0.29, 0.717) is 27.3 Å². The molecule has 0 bridgehead atoms. The highest BCUT2D eigenvalue weighted by Gasteiger charge is 2.14. The smallest absolute Gasteiger partial charge is 0.337 e. The van der Waals surface area contributed by atoms with Crippen LogP contribution >= 0.6 is 11.3 Å². The van der Waals surface area contributed by atoms with E-state index in [-0.39, 0.29) is 17.9 Å². The molecule has 0 radical (unpaired) electrons. The maximum absolute atomic E-state index is 12.4. The monoisotopic (exact) mass is 411 g/mol. The summed E-state index contributed by atoms with van der Waals surface area (Å²) in [5, 5.41) is 6.11. The fourth-order valence-corrected chi connectivity index (χ4v) is 3.47. The molecule has 0 spiro atoms. The molecule has 0 saturated carbocycles. The maximum atomic E-state index is 12.4. The molecule has 0 saturated heterocycles. The van der Waals surface area contributed by atoms with Gasteiger partial charge in [0.05, 0.1) is 22.9 Å². The molecule has 0 fully saturated rings. The summed E-state index contributed by atoms with van der Waals surface area (Å²) in [5.74, 6) is -0.933. The number of carbonyl (C=O) groups excluding carboxylic acids is 3. The predicted molar refractivity (Wildman–Crippen MR) is 113 cm³/mol. The van der Waals surface area contributed by atoms with Gasteiger partial charge in [-0.25, -0.2) is 9.78 Å². The zero-order chi connectivity index (χ0) is 21.0. The molecule has 150 valence electrons. The predicted octanol–water partition coefficient (Wildman–Crippen LogP) is 3.86. The molecule has 3 aromatic rings. The Morgan fingerprint density at radius 3 is 2.34 bits per heavy atom. The number of esters is 1. The van der Waals surface area contributed by atoms with E-state index in [0.717, 1.165) is 11.1 Å². The van der Waals surface area contributed by atoms with Gasteiger partial charge in [0.15, 0.2) is 5.13 Å². The van der Waals surface area contributed by atoms with Crippen molar-refractivity contribution in [1.29, 1.82) is 0 Å². The highest BCUT2D eigenvalue weighted by atomic mass is 32.1. The maximum Gasteiger partial charge on any atom is 0.337 e. The van der Waals surface area contributed by atoms with E-state index in [4.69, 9.17) is 0 Å². The lowest BCUT2D eigenvalue weighted by atomic mass is 10.1. The molecular formula is C21H21N3O4S. The summed E-state index contributed by atoms with van der Waals surface area (Å²) < 4.78 is 5.45. The Morgan fingerprint density at radius 2 is 1.69 bits per heavy atom. The van der Waals surface area contributed by atoms with Gasteiger partial charge in [0.1, 0.15) is 0 Å². The summed E-state index contributed by atoms with van der Waals surface area (Å²) in [6.45, 7) is 3.96. The van der Waals surface area contributed by atoms with Crippen LogP contribution in [-0.2, 0) is 4.74 Å². The van der Waals surface area contributed by atoms with Crippen LogP contribution < -0.4 is 10.6 Å². The first kappa shape index (κ1) is 20.5. The van der Waals surface area contributed by atoms with Gasteiger partial charge < -0.3 is 10.1 Å². The number of hydrogen-bond donors (Lipinski definition) is 2. The quantitative estimate of drug-likeness (QED) is 0.600. The summed E-state index contributed by atoms with van der Waals surface area (Å²) in [6, 6.07) is 11.5. The van der Waals surface area contributed by atoms with Crippen LogP contribution in [0.5, 0.6) is 0 Å². The largest absolute Gasteiger partial charge is 0.465 e. The highest BCUT2D eigenvalue weighted by Crippen LogP contribution is 2.27. The molecule has 0 aliphatic carbocycles. The molecule has 2 aromatic carbocycles. The molecule has 0 aliphatic rings. The van der Waals surface area contributed by atoms with Crippen LogP contribution in [0.25, 0.3) is 10.2 Å². The lowest BCUT2D eigenvalue weighted by Gasteiger charge is -2.10. The minimum absolute atomic E-state index is 0.0973. The van der Waals surface area contributed by atoms with Crippen molar-refractivity contribution in [2.75, 3.05) is 12.4 Å². The molecule has 1 aromatic heterocycles. The Balaban J connectivity index is 1.74. The molecule has 1 heterocycles. The number of benzene rings is 2. The third-order valence-corrected chi connectivity index (χ3v) is 5.36. The summed E-state index contributed by atoms with van der Waals surface area (Å²) in [4.78, 5) is 40.6. The molecule has 8 heteroatoms. The Kier molecular flexibility index (Phi) is 6.23. The Labute approximate surface area is 172 Å². The van der Waals surface area contributed by atoms with Gasteiger partial charge in [-0.2, -0.15) is 0 Å². The Bertz CT molecular complexity index is 1060.